The number of carbonyl (C=O) groups excluding carboxylic acids is 1. The predicted octanol–water partition coefficient (Wildman–Crippen LogP) is 2.33. The molecule has 4 fully saturated rings. The number of likely N-dealkylation sites (tertiary alicyclic amines) is 1. The van der Waals surface area contributed by atoms with Crippen LogP contribution in [0, 0.1) is 5.92 Å². The minimum atomic E-state index is 0.122. The maximum absolute atomic E-state index is 13.6. The first-order chi connectivity index (χ1) is 14.2. The van der Waals surface area contributed by atoms with Crippen molar-refractivity contribution in [3.63, 3.8) is 0 Å². The maximum atomic E-state index is 13.6. The number of rotatable bonds is 3. The second-order valence-electron chi connectivity index (χ2n) is 8.56. The Kier molecular flexibility index (Phi) is 3.88. The van der Waals surface area contributed by atoms with Gasteiger partial charge < -0.3 is 14.4 Å². The molecule has 0 saturated carbocycles. The van der Waals surface area contributed by atoms with Crippen molar-refractivity contribution in [2.75, 3.05) is 26.4 Å². The molecule has 152 valence electrons. The van der Waals surface area contributed by atoms with Crippen LogP contribution >= 0.6 is 0 Å². The summed E-state index contributed by atoms with van der Waals surface area (Å²) in [4.78, 5) is 18.4. The predicted molar refractivity (Wildman–Crippen MR) is 106 cm³/mol. The first-order valence-corrected chi connectivity index (χ1v) is 10.7. The molecular weight excluding hydrogens is 368 g/mol. The zero-order chi connectivity index (χ0) is 19.5. The number of carbonyl (C=O) groups is 1. The molecule has 7 rings (SSSR count). The van der Waals surface area contributed by atoms with Crippen LogP contribution < -0.4 is 9.47 Å². The van der Waals surface area contributed by atoms with Crippen molar-refractivity contribution in [1.82, 2.24) is 19.6 Å². The van der Waals surface area contributed by atoms with Crippen molar-refractivity contribution >= 4 is 5.91 Å². The number of piperidine rings is 3. The molecule has 0 radical (unpaired) electrons. The third kappa shape index (κ3) is 2.53. The fraction of sp³-hybridized carbons (Fsp3) is 0.545. The van der Waals surface area contributed by atoms with Crippen molar-refractivity contribution in [2.45, 2.75) is 44.3 Å². The summed E-state index contributed by atoms with van der Waals surface area (Å²) in [6, 6.07) is 8.81. The Balaban J connectivity index is 1.38. The molecule has 2 aromatic rings. The molecule has 7 heteroatoms. The molecule has 4 saturated heterocycles. The fourth-order valence-corrected chi connectivity index (χ4v) is 6.01. The number of hydrogen-bond acceptors (Lipinski definition) is 5. The number of hydrogen-bond donors (Lipinski definition) is 0. The van der Waals surface area contributed by atoms with Crippen LogP contribution in [0.2, 0.25) is 0 Å². The molecule has 5 aliphatic rings. The van der Waals surface area contributed by atoms with E-state index in [-0.39, 0.29) is 18.7 Å². The van der Waals surface area contributed by atoms with Gasteiger partial charge in [0.1, 0.15) is 5.69 Å². The average Bonchev–Trinajstić information content (AvgIpc) is 3.51. The molecule has 7 nitrogen and oxygen atoms in total. The van der Waals surface area contributed by atoms with Crippen molar-refractivity contribution in [1.29, 1.82) is 0 Å². The number of ether oxygens (including phenoxy) is 2. The van der Waals surface area contributed by atoms with Gasteiger partial charge in [-0.3, -0.25) is 14.4 Å². The van der Waals surface area contributed by atoms with Crippen LogP contribution in [0.5, 0.6) is 11.5 Å². The monoisotopic (exact) mass is 394 g/mol. The third-order valence-corrected chi connectivity index (χ3v) is 7.32. The SMILES string of the molecule is CCn1nccc1C(=O)N1C[C@@H](c2ccc3c(c2)OCO3)[C@@H]2[C@H]1C1CCN2CC1. The fourth-order valence-electron chi connectivity index (χ4n) is 6.01. The summed E-state index contributed by atoms with van der Waals surface area (Å²) in [5.41, 5.74) is 1.95. The van der Waals surface area contributed by atoms with E-state index in [9.17, 15) is 4.79 Å². The lowest BCUT2D eigenvalue weighted by Crippen LogP contribution is -2.60. The number of fused-ring (bicyclic) bond motifs is 3. The summed E-state index contributed by atoms with van der Waals surface area (Å²) in [5.74, 6) is 2.64. The molecule has 29 heavy (non-hydrogen) atoms. The number of aromatic nitrogens is 2. The Morgan fingerprint density at radius 3 is 2.79 bits per heavy atom. The number of nitrogens with zero attached hydrogens (tertiary/aromatic N) is 4. The highest BCUT2D eigenvalue weighted by Gasteiger charge is 2.55. The van der Waals surface area contributed by atoms with Crippen LogP contribution in [-0.4, -0.2) is 64.0 Å². The number of aryl methyl sites for hydroxylation is 1. The molecule has 5 aliphatic heterocycles. The summed E-state index contributed by atoms with van der Waals surface area (Å²) < 4.78 is 12.9. The second kappa shape index (κ2) is 6.49. The molecule has 1 aromatic heterocycles. The number of amides is 1. The minimum absolute atomic E-state index is 0.122. The highest BCUT2D eigenvalue weighted by atomic mass is 16.7. The van der Waals surface area contributed by atoms with E-state index in [2.05, 4.69) is 27.0 Å². The molecule has 0 aliphatic carbocycles. The van der Waals surface area contributed by atoms with Gasteiger partial charge in [-0.2, -0.15) is 5.10 Å². The van der Waals surface area contributed by atoms with Gasteiger partial charge >= 0.3 is 0 Å². The number of benzene rings is 1. The lowest BCUT2D eigenvalue weighted by molar-refractivity contribution is -0.00376. The van der Waals surface area contributed by atoms with E-state index < -0.39 is 0 Å². The molecule has 1 amide bonds. The van der Waals surface area contributed by atoms with Crippen LogP contribution in [0.25, 0.3) is 0 Å². The quantitative estimate of drug-likeness (QED) is 0.800. The normalized spacial score (nSPS) is 31.9. The Morgan fingerprint density at radius 1 is 1.14 bits per heavy atom. The topological polar surface area (TPSA) is 59.8 Å². The Morgan fingerprint density at radius 2 is 1.97 bits per heavy atom. The van der Waals surface area contributed by atoms with Crippen LogP contribution in [0.15, 0.2) is 30.5 Å². The smallest absolute Gasteiger partial charge is 0.272 e. The molecular formula is C22H26N4O3. The lowest BCUT2D eigenvalue weighted by atomic mass is 9.75. The zero-order valence-corrected chi connectivity index (χ0v) is 16.7. The second-order valence-corrected chi connectivity index (χ2v) is 8.56. The Labute approximate surface area is 170 Å². The summed E-state index contributed by atoms with van der Waals surface area (Å²) in [6.07, 6.45) is 4.10. The van der Waals surface area contributed by atoms with Crippen LogP contribution in [0.1, 0.15) is 41.7 Å². The summed E-state index contributed by atoms with van der Waals surface area (Å²) in [7, 11) is 0. The zero-order valence-electron chi connectivity index (χ0n) is 16.7. The molecule has 6 heterocycles. The first kappa shape index (κ1) is 17.3. The van der Waals surface area contributed by atoms with Gasteiger partial charge in [0, 0.05) is 31.2 Å². The van der Waals surface area contributed by atoms with Gasteiger partial charge in [-0.05, 0) is 62.5 Å². The molecule has 3 atom stereocenters. The van der Waals surface area contributed by atoms with Crippen LogP contribution in [0.4, 0.5) is 0 Å². The van der Waals surface area contributed by atoms with Crippen molar-refractivity contribution < 1.29 is 14.3 Å². The van der Waals surface area contributed by atoms with E-state index in [0.717, 1.165) is 31.1 Å². The Bertz CT molecular complexity index is 949. The molecule has 0 N–H and O–H groups in total. The van der Waals surface area contributed by atoms with E-state index in [1.807, 2.05) is 23.7 Å². The molecule has 1 aromatic carbocycles. The third-order valence-electron chi connectivity index (χ3n) is 7.32. The molecule has 2 bridgehead atoms. The molecule has 0 spiro atoms. The van der Waals surface area contributed by atoms with E-state index in [1.165, 1.54) is 18.4 Å². The van der Waals surface area contributed by atoms with Gasteiger partial charge in [-0.15, -0.1) is 0 Å². The largest absolute Gasteiger partial charge is 0.454 e. The van der Waals surface area contributed by atoms with E-state index in [1.54, 1.807) is 6.20 Å². The van der Waals surface area contributed by atoms with Gasteiger partial charge in [0.15, 0.2) is 11.5 Å². The average molecular weight is 394 g/mol. The van der Waals surface area contributed by atoms with E-state index >= 15 is 0 Å². The minimum Gasteiger partial charge on any atom is -0.454 e. The van der Waals surface area contributed by atoms with E-state index in [0.29, 0.717) is 30.1 Å². The maximum Gasteiger partial charge on any atom is 0.272 e. The van der Waals surface area contributed by atoms with Crippen LogP contribution in [0.3, 0.4) is 0 Å². The van der Waals surface area contributed by atoms with Gasteiger partial charge in [0.2, 0.25) is 6.79 Å². The summed E-state index contributed by atoms with van der Waals surface area (Å²) >= 11 is 0. The van der Waals surface area contributed by atoms with Gasteiger partial charge in [0.25, 0.3) is 5.91 Å². The van der Waals surface area contributed by atoms with E-state index in [4.69, 9.17) is 9.47 Å². The highest BCUT2D eigenvalue weighted by molar-refractivity contribution is 5.93. The first-order valence-electron chi connectivity index (χ1n) is 10.7. The summed E-state index contributed by atoms with van der Waals surface area (Å²) in [5, 5.41) is 4.32. The van der Waals surface area contributed by atoms with Gasteiger partial charge in [0.05, 0.1) is 6.04 Å². The van der Waals surface area contributed by atoms with Crippen molar-refractivity contribution in [2.24, 2.45) is 5.92 Å². The Hall–Kier alpha value is -2.54. The molecule has 0 unspecified atom stereocenters. The highest BCUT2D eigenvalue weighted by Crippen LogP contribution is 2.48. The van der Waals surface area contributed by atoms with Gasteiger partial charge in [-0.25, -0.2) is 0 Å². The van der Waals surface area contributed by atoms with Crippen molar-refractivity contribution in [3.05, 3.63) is 41.7 Å². The standard InChI is InChI=1S/C22H26N4O3/c1-2-26-17(5-8-23-26)22(27)25-12-16(15-3-4-18-19(11-15)29-13-28-18)21-20(25)14-6-9-24(21)10-7-14/h3-5,8,11,14,16,20-21H,2,6-7,9-10,12-13H2,1H3/t16-,20+,21+/m0/s1. The van der Waals surface area contributed by atoms with Gasteiger partial charge in [-0.1, -0.05) is 6.07 Å². The van der Waals surface area contributed by atoms with Crippen molar-refractivity contribution in [3.8, 4) is 11.5 Å². The van der Waals surface area contributed by atoms with Crippen LogP contribution in [-0.2, 0) is 6.54 Å². The summed E-state index contributed by atoms with van der Waals surface area (Å²) in [6.45, 7) is 6.05. The lowest BCUT2D eigenvalue weighted by Gasteiger charge is -2.51.